The fourth-order valence-corrected chi connectivity index (χ4v) is 6.13. The first kappa shape index (κ1) is 17.2. The average molecular weight is 370 g/mol. The van der Waals surface area contributed by atoms with E-state index in [1.54, 1.807) is 4.90 Å². The van der Waals surface area contributed by atoms with E-state index in [9.17, 15) is 13.2 Å². The number of hydrogen-bond acceptors (Lipinski definition) is 4. The van der Waals surface area contributed by atoms with Crippen molar-refractivity contribution in [1.29, 1.82) is 0 Å². The standard InChI is InChI=1S/C20H22N2O3S/c1-21-11-12-22(19-14-26(24,25)13-18(19)21)20(23)17-10-6-5-9-16(17)15-7-3-2-4-8-15/h2-10,18-19H,11-14H2,1H3/t18-,19+/m1/s1. The molecule has 2 heterocycles. The first-order chi connectivity index (χ1) is 12.5. The second-order valence-electron chi connectivity index (χ2n) is 7.10. The van der Waals surface area contributed by atoms with Crippen molar-refractivity contribution in [3.8, 4) is 11.1 Å². The quantitative estimate of drug-likeness (QED) is 0.810. The van der Waals surface area contributed by atoms with Gasteiger partial charge < -0.3 is 4.90 Å². The Morgan fingerprint density at radius 3 is 2.35 bits per heavy atom. The second kappa shape index (κ2) is 6.52. The molecule has 0 spiro atoms. The normalized spacial score (nSPS) is 25.0. The van der Waals surface area contributed by atoms with Crippen LogP contribution in [0.4, 0.5) is 0 Å². The lowest BCUT2D eigenvalue weighted by Crippen LogP contribution is -2.59. The van der Waals surface area contributed by atoms with Gasteiger partial charge >= 0.3 is 0 Å². The summed E-state index contributed by atoms with van der Waals surface area (Å²) in [7, 11) is -1.17. The molecule has 4 rings (SSSR count). The number of likely N-dealkylation sites (N-methyl/N-ethyl adjacent to an activating group) is 1. The van der Waals surface area contributed by atoms with Crippen LogP contribution in [0.25, 0.3) is 11.1 Å². The molecule has 2 saturated heterocycles. The van der Waals surface area contributed by atoms with Gasteiger partial charge in [0.25, 0.3) is 5.91 Å². The number of carbonyl (C=O) groups excluding carboxylic acids is 1. The maximum Gasteiger partial charge on any atom is 0.254 e. The Morgan fingerprint density at radius 1 is 0.923 bits per heavy atom. The Balaban J connectivity index is 1.71. The average Bonchev–Trinajstić information content (AvgIpc) is 2.98. The highest BCUT2D eigenvalue weighted by Crippen LogP contribution is 2.30. The molecule has 2 aromatic rings. The van der Waals surface area contributed by atoms with E-state index >= 15 is 0 Å². The predicted octanol–water partition coefficient (Wildman–Crippen LogP) is 1.91. The lowest BCUT2D eigenvalue weighted by molar-refractivity contribution is 0.0410. The third kappa shape index (κ3) is 3.04. The second-order valence-corrected chi connectivity index (χ2v) is 9.26. The molecular formula is C20H22N2O3S. The molecule has 5 nitrogen and oxygen atoms in total. The topological polar surface area (TPSA) is 57.7 Å². The van der Waals surface area contributed by atoms with E-state index in [0.717, 1.165) is 11.1 Å². The van der Waals surface area contributed by atoms with Gasteiger partial charge in [-0.3, -0.25) is 9.69 Å². The zero-order chi connectivity index (χ0) is 18.3. The van der Waals surface area contributed by atoms with Gasteiger partial charge in [-0.15, -0.1) is 0 Å². The lowest BCUT2D eigenvalue weighted by atomic mass is 9.97. The summed E-state index contributed by atoms with van der Waals surface area (Å²) >= 11 is 0. The van der Waals surface area contributed by atoms with Crippen molar-refractivity contribution in [2.45, 2.75) is 12.1 Å². The van der Waals surface area contributed by atoms with Gasteiger partial charge in [-0.1, -0.05) is 48.5 Å². The number of carbonyl (C=O) groups is 1. The molecule has 0 aromatic heterocycles. The smallest absolute Gasteiger partial charge is 0.254 e. The van der Waals surface area contributed by atoms with Crippen LogP contribution in [0, 0.1) is 0 Å². The summed E-state index contributed by atoms with van der Waals surface area (Å²) in [6.07, 6.45) is 0. The Kier molecular flexibility index (Phi) is 4.32. The molecule has 6 heteroatoms. The molecular weight excluding hydrogens is 348 g/mol. The fraction of sp³-hybridized carbons (Fsp3) is 0.350. The number of piperazine rings is 1. The third-order valence-electron chi connectivity index (χ3n) is 5.46. The minimum atomic E-state index is -3.11. The summed E-state index contributed by atoms with van der Waals surface area (Å²) in [6, 6.07) is 17.0. The number of sulfone groups is 1. The van der Waals surface area contributed by atoms with E-state index in [2.05, 4.69) is 4.90 Å². The van der Waals surface area contributed by atoms with Gasteiger partial charge in [0.15, 0.2) is 9.84 Å². The van der Waals surface area contributed by atoms with E-state index in [-0.39, 0.29) is 29.5 Å². The zero-order valence-corrected chi connectivity index (χ0v) is 15.5. The Morgan fingerprint density at radius 2 is 1.58 bits per heavy atom. The predicted molar refractivity (Wildman–Crippen MR) is 102 cm³/mol. The van der Waals surface area contributed by atoms with Crippen molar-refractivity contribution in [2.24, 2.45) is 0 Å². The number of nitrogens with zero attached hydrogens (tertiary/aromatic N) is 2. The van der Waals surface area contributed by atoms with Gasteiger partial charge in [0.2, 0.25) is 0 Å². The largest absolute Gasteiger partial charge is 0.332 e. The first-order valence-corrected chi connectivity index (χ1v) is 10.6. The fourth-order valence-electron chi connectivity index (χ4n) is 4.07. The number of hydrogen-bond donors (Lipinski definition) is 0. The van der Waals surface area contributed by atoms with Crippen LogP contribution in [-0.2, 0) is 9.84 Å². The van der Waals surface area contributed by atoms with Gasteiger partial charge in [-0.05, 0) is 24.2 Å². The molecule has 2 fully saturated rings. The summed E-state index contributed by atoms with van der Waals surface area (Å²) in [5.41, 5.74) is 2.50. The molecule has 0 bridgehead atoms. The maximum atomic E-state index is 13.4. The van der Waals surface area contributed by atoms with E-state index in [1.165, 1.54) is 0 Å². The van der Waals surface area contributed by atoms with Crippen LogP contribution in [0.15, 0.2) is 54.6 Å². The van der Waals surface area contributed by atoms with Gasteiger partial charge in [-0.25, -0.2) is 8.42 Å². The SMILES string of the molecule is CN1CCN(C(=O)c2ccccc2-c2ccccc2)[C@H]2CS(=O)(=O)C[C@H]21. The van der Waals surface area contributed by atoms with Gasteiger partial charge in [-0.2, -0.15) is 0 Å². The van der Waals surface area contributed by atoms with Crippen LogP contribution >= 0.6 is 0 Å². The Hall–Kier alpha value is -2.18. The minimum absolute atomic E-state index is 0.0568. The molecule has 2 aromatic carbocycles. The van der Waals surface area contributed by atoms with Crippen LogP contribution in [0.5, 0.6) is 0 Å². The Bertz CT molecular complexity index is 927. The highest BCUT2D eigenvalue weighted by molar-refractivity contribution is 7.91. The summed E-state index contributed by atoms with van der Waals surface area (Å²) < 4.78 is 24.3. The van der Waals surface area contributed by atoms with Crippen molar-refractivity contribution in [2.75, 3.05) is 31.6 Å². The molecule has 0 saturated carbocycles. The highest BCUT2D eigenvalue weighted by atomic mass is 32.2. The molecule has 2 aliphatic heterocycles. The molecule has 0 N–H and O–H groups in total. The minimum Gasteiger partial charge on any atom is -0.332 e. The van der Waals surface area contributed by atoms with Crippen LogP contribution in [0.1, 0.15) is 10.4 Å². The van der Waals surface area contributed by atoms with E-state index in [1.807, 2.05) is 61.6 Å². The number of amides is 1. The molecule has 26 heavy (non-hydrogen) atoms. The van der Waals surface area contributed by atoms with E-state index < -0.39 is 9.84 Å². The maximum absolute atomic E-state index is 13.4. The molecule has 1 amide bonds. The number of fused-ring (bicyclic) bond motifs is 1. The Labute approximate surface area is 154 Å². The lowest BCUT2D eigenvalue weighted by Gasteiger charge is -2.42. The number of rotatable bonds is 2. The summed E-state index contributed by atoms with van der Waals surface area (Å²) in [6.45, 7) is 1.24. The van der Waals surface area contributed by atoms with E-state index in [0.29, 0.717) is 18.7 Å². The van der Waals surface area contributed by atoms with Crippen molar-refractivity contribution in [1.82, 2.24) is 9.80 Å². The van der Waals surface area contributed by atoms with Gasteiger partial charge in [0.1, 0.15) is 0 Å². The van der Waals surface area contributed by atoms with Gasteiger partial charge in [0, 0.05) is 24.7 Å². The summed E-state index contributed by atoms with van der Waals surface area (Å²) in [5.74, 6) is 0.115. The monoisotopic (exact) mass is 370 g/mol. The third-order valence-corrected chi connectivity index (χ3v) is 7.16. The van der Waals surface area contributed by atoms with Gasteiger partial charge in [0.05, 0.1) is 17.5 Å². The van der Waals surface area contributed by atoms with Crippen molar-refractivity contribution < 1.29 is 13.2 Å². The van der Waals surface area contributed by atoms with E-state index in [4.69, 9.17) is 0 Å². The summed E-state index contributed by atoms with van der Waals surface area (Å²) in [4.78, 5) is 17.2. The molecule has 136 valence electrons. The number of benzene rings is 2. The van der Waals surface area contributed by atoms with Crippen LogP contribution < -0.4 is 0 Å². The van der Waals surface area contributed by atoms with Crippen LogP contribution in [0.3, 0.4) is 0 Å². The van der Waals surface area contributed by atoms with Crippen molar-refractivity contribution in [3.63, 3.8) is 0 Å². The molecule has 2 atom stereocenters. The molecule has 0 aliphatic carbocycles. The zero-order valence-electron chi connectivity index (χ0n) is 14.7. The first-order valence-electron chi connectivity index (χ1n) is 8.82. The molecule has 0 unspecified atom stereocenters. The van der Waals surface area contributed by atoms with Crippen LogP contribution in [-0.4, -0.2) is 67.9 Å². The van der Waals surface area contributed by atoms with Crippen molar-refractivity contribution >= 4 is 15.7 Å². The highest BCUT2D eigenvalue weighted by Gasteiger charge is 2.47. The molecule has 0 radical (unpaired) electrons. The van der Waals surface area contributed by atoms with Crippen LogP contribution in [0.2, 0.25) is 0 Å². The molecule has 2 aliphatic rings. The van der Waals surface area contributed by atoms with Crippen molar-refractivity contribution in [3.05, 3.63) is 60.2 Å². The summed E-state index contributed by atoms with van der Waals surface area (Å²) in [5, 5.41) is 0.